The summed E-state index contributed by atoms with van der Waals surface area (Å²) >= 11 is 0. The van der Waals surface area contributed by atoms with Crippen molar-refractivity contribution in [3.05, 3.63) is 33.6 Å². The zero-order valence-corrected chi connectivity index (χ0v) is 10.9. The first-order valence-electron chi connectivity index (χ1n) is 6.22. The number of aliphatic hydroxyl groups is 1. The normalized spacial score (nSPS) is 15.4. The quantitative estimate of drug-likeness (QED) is 0.636. The van der Waals surface area contributed by atoms with E-state index in [2.05, 4.69) is 5.32 Å². The summed E-state index contributed by atoms with van der Waals surface area (Å²) in [5.41, 5.74) is -0.596. The Hall–Kier alpha value is -1.69. The summed E-state index contributed by atoms with van der Waals surface area (Å²) in [6.45, 7) is 3.29. The van der Waals surface area contributed by atoms with Gasteiger partial charge in [0.25, 0.3) is 5.69 Å². The Labute approximate surface area is 110 Å². The van der Waals surface area contributed by atoms with Gasteiger partial charge in [0.05, 0.1) is 10.5 Å². The number of hydrogen-bond acceptors (Lipinski definition) is 4. The zero-order valence-electron chi connectivity index (χ0n) is 10.9. The van der Waals surface area contributed by atoms with Crippen molar-refractivity contribution in [3.63, 3.8) is 0 Å². The minimum Gasteiger partial charge on any atom is -0.389 e. The summed E-state index contributed by atoms with van der Waals surface area (Å²) in [6, 6.07) is 2.30. The summed E-state index contributed by atoms with van der Waals surface area (Å²) in [5.74, 6) is -0.379. The number of nitrogens with one attached hydrogen (secondary N) is 1. The molecule has 0 atom stereocenters. The second kappa shape index (κ2) is 4.77. The van der Waals surface area contributed by atoms with E-state index in [1.54, 1.807) is 13.8 Å². The Morgan fingerprint density at radius 1 is 1.53 bits per heavy atom. The number of anilines is 1. The lowest BCUT2D eigenvalue weighted by molar-refractivity contribution is -0.384. The van der Waals surface area contributed by atoms with Gasteiger partial charge >= 0.3 is 0 Å². The summed E-state index contributed by atoms with van der Waals surface area (Å²) < 4.78 is 13.9. The molecule has 2 rings (SSSR count). The van der Waals surface area contributed by atoms with Crippen LogP contribution in [0.3, 0.4) is 0 Å². The molecule has 1 aromatic rings. The fourth-order valence-electron chi connectivity index (χ4n) is 2.00. The average Bonchev–Trinajstić information content (AvgIpc) is 3.08. The van der Waals surface area contributed by atoms with E-state index in [9.17, 15) is 19.6 Å². The number of hydrogen-bond donors (Lipinski definition) is 2. The van der Waals surface area contributed by atoms with Crippen LogP contribution in [0.1, 0.15) is 38.2 Å². The van der Waals surface area contributed by atoms with E-state index in [1.165, 1.54) is 0 Å². The maximum absolute atomic E-state index is 13.9. The molecule has 104 valence electrons. The van der Waals surface area contributed by atoms with E-state index in [4.69, 9.17) is 0 Å². The lowest BCUT2D eigenvalue weighted by Gasteiger charge is -2.20. The molecular weight excluding hydrogens is 251 g/mol. The van der Waals surface area contributed by atoms with E-state index < -0.39 is 16.3 Å². The molecule has 0 aliphatic heterocycles. The van der Waals surface area contributed by atoms with Crippen LogP contribution in [0.25, 0.3) is 0 Å². The van der Waals surface area contributed by atoms with Crippen LogP contribution in [0.2, 0.25) is 0 Å². The highest BCUT2D eigenvalue weighted by molar-refractivity contribution is 5.68. The van der Waals surface area contributed by atoms with Crippen molar-refractivity contribution in [1.29, 1.82) is 0 Å². The van der Waals surface area contributed by atoms with Crippen LogP contribution >= 0.6 is 0 Å². The molecular formula is C13H17FN2O3. The number of rotatable bonds is 5. The molecule has 0 bridgehead atoms. The van der Waals surface area contributed by atoms with Crippen LogP contribution < -0.4 is 5.32 Å². The zero-order chi connectivity index (χ0) is 14.2. The number of halogens is 1. The van der Waals surface area contributed by atoms with E-state index >= 15 is 0 Å². The molecule has 0 unspecified atom stereocenters. The minimum absolute atomic E-state index is 0.0456. The van der Waals surface area contributed by atoms with Gasteiger partial charge in [-0.15, -0.1) is 0 Å². The van der Waals surface area contributed by atoms with Crippen molar-refractivity contribution >= 4 is 11.4 Å². The summed E-state index contributed by atoms with van der Waals surface area (Å²) in [7, 11) is 0. The fraction of sp³-hybridized carbons (Fsp3) is 0.538. The highest BCUT2D eigenvalue weighted by Crippen LogP contribution is 2.47. The van der Waals surface area contributed by atoms with E-state index in [-0.39, 0.29) is 23.8 Å². The third kappa shape index (κ3) is 3.20. The molecule has 5 nitrogen and oxygen atoms in total. The molecule has 1 aromatic carbocycles. The van der Waals surface area contributed by atoms with Gasteiger partial charge in [0.1, 0.15) is 11.5 Å². The van der Waals surface area contributed by atoms with Gasteiger partial charge < -0.3 is 10.4 Å². The van der Waals surface area contributed by atoms with Crippen molar-refractivity contribution in [2.75, 3.05) is 11.9 Å². The second-order valence-corrected chi connectivity index (χ2v) is 5.55. The lowest BCUT2D eigenvalue weighted by atomic mass is 10.0. The highest BCUT2D eigenvalue weighted by atomic mass is 19.1. The highest BCUT2D eigenvalue weighted by Gasteiger charge is 2.33. The maximum atomic E-state index is 13.9. The van der Waals surface area contributed by atoms with Gasteiger partial charge in [-0.25, -0.2) is 4.39 Å². The van der Waals surface area contributed by atoms with Gasteiger partial charge in [0.2, 0.25) is 0 Å². The molecule has 1 saturated carbocycles. The molecule has 0 amide bonds. The molecule has 1 fully saturated rings. The van der Waals surface area contributed by atoms with Crippen LogP contribution in [0.4, 0.5) is 15.8 Å². The van der Waals surface area contributed by atoms with Crippen molar-refractivity contribution in [3.8, 4) is 0 Å². The van der Waals surface area contributed by atoms with Gasteiger partial charge in [-0.2, -0.15) is 0 Å². The van der Waals surface area contributed by atoms with Gasteiger partial charge in [0, 0.05) is 18.2 Å². The topological polar surface area (TPSA) is 75.4 Å². The lowest BCUT2D eigenvalue weighted by Crippen LogP contribution is -2.30. The van der Waals surface area contributed by atoms with Gasteiger partial charge in [-0.3, -0.25) is 10.1 Å². The molecule has 0 heterocycles. The molecule has 19 heavy (non-hydrogen) atoms. The summed E-state index contributed by atoms with van der Waals surface area (Å²) in [4.78, 5) is 10.5. The number of benzene rings is 1. The smallest absolute Gasteiger partial charge is 0.292 e. The first-order valence-corrected chi connectivity index (χ1v) is 6.22. The monoisotopic (exact) mass is 268 g/mol. The third-order valence-electron chi connectivity index (χ3n) is 3.05. The molecule has 2 N–H and O–H groups in total. The van der Waals surface area contributed by atoms with Crippen molar-refractivity contribution in [1.82, 2.24) is 0 Å². The van der Waals surface area contributed by atoms with Crippen molar-refractivity contribution in [2.24, 2.45) is 0 Å². The Morgan fingerprint density at radius 3 is 2.63 bits per heavy atom. The largest absolute Gasteiger partial charge is 0.389 e. The fourth-order valence-corrected chi connectivity index (χ4v) is 2.00. The van der Waals surface area contributed by atoms with E-state index in [0.717, 1.165) is 25.0 Å². The predicted molar refractivity (Wildman–Crippen MR) is 69.8 cm³/mol. The number of nitrogens with zero attached hydrogens (tertiary/aromatic N) is 1. The minimum atomic E-state index is -1.03. The molecule has 0 spiro atoms. The van der Waals surface area contributed by atoms with Crippen LogP contribution in [0.5, 0.6) is 0 Å². The first kappa shape index (κ1) is 13.7. The van der Waals surface area contributed by atoms with Gasteiger partial charge in [-0.1, -0.05) is 0 Å². The Bertz CT molecular complexity index is 507. The molecule has 6 heteroatoms. The second-order valence-electron chi connectivity index (χ2n) is 5.55. The standard InChI is InChI=1S/C13H17FN2O3/c1-13(2,17)7-15-12-10(16(18)19)6-5-9(14)11(12)8-3-4-8/h5-6,8,15,17H,3-4,7H2,1-2H3. The SMILES string of the molecule is CC(C)(O)CNc1c([N+](=O)[O-])ccc(F)c1C1CC1. The summed E-state index contributed by atoms with van der Waals surface area (Å²) in [5, 5.41) is 23.6. The maximum Gasteiger partial charge on any atom is 0.292 e. The van der Waals surface area contributed by atoms with Crippen molar-refractivity contribution < 1.29 is 14.4 Å². The van der Waals surface area contributed by atoms with Crippen LogP contribution in [0.15, 0.2) is 12.1 Å². The van der Waals surface area contributed by atoms with Crippen LogP contribution in [-0.4, -0.2) is 22.2 Å². The van der Waals surface area contributed by atoms with E-state index in [0.29, 0.717) is 5.56 Å². The molecule has 1 aliphatic carbocycles. The predicted octanol–water partition coefficient (Wildman–Crippen LogP) is 2.79. The van der Waals surface area contributed by atoms with Gasteiger partial charge in [0.15, 0.2) is 0 Å². The number of nitro benzene ring substituents is 1. The van der Waals surface area contributed by atoms with Crippen LogP contribution in [-0.2, 0) is 0 Å². The molecule has 0 saturated heterocycles. The first-order chi connectivity index (χ1) is 8.79. The average molecular weight is 268 g/mol. The molecule has 1 aliphatic rings. The van der Waals surface area contributed by atoms with Crippen LogP contribution in [0, 0.1) is 15.9 Å². The van der Waals surface area contributed by atoms with Gasteiger partial charge in [-0.05, 0) is 38.7 Å². The molecule has 0 aromatic heterocycles. The van der Waals surface area contributed by atoms with Crippen molar-refractivity contribution in [2.45, 2.75) is 38.2 Å². The number of nitro groups is 1. The Morgan fingerprint density at radius 2 is 2.16 bits per heavy atom. The Balaban J connectivity index is 2.41. The molecule has 0 radical (unpaired) electrons. The summed E-state index contributed by atoms with van der Waals surface area (Å²) in [6.07, 6.45) is 1.69. The third-order valence-corrected chi connectivity index (χ3v) is 3.05. The van der Waals surface area contributed by atoms with E-state index in [1.807, 2.05) is 0 Å². The Kier molecular flexibility index (Phi) is 3.45.